The lowest BCUT2D eigenvalue weighted by Gasteiger charge is -2.14. The van der Waals surface area contributed by atoms with Crippen LogP contribution in [0.4, 0.5) is 0 Å². The fourth-order valence-electron chi connectivity index (χ4n) is 2.17. The maximum atomic E-state index is 12.0. The third kappa shape index (κ3) is 6.91. The van der Waals surface area contributed by atoms with Crippen molar-refractivity contribution in [2.45, 2.75) is 26.0 Å². The van der Waals surface area contributed by atoms with Gasteiger partial charge in [-0.15, -0.1) is 0 Å². The molecule has 7 heteroatoms. The molecule has 0 heterocycles. The molecule has 0 aliphatic heterocycles. The number of hydrogen-bond acceptors (Lipinski definition) is 5. The summed E-state index contributed by atoms with van der Waals surface area (Å²) in [6.45, 7) is 3.18. The van der Waals surface area contributed by atoms with Crippen LogP contribution in [0.15, 0.2) is 59.7 Å². The highest BCUT2D eigenvalue weighted by Crippen LogP contribution is 2.13. The summed E-state index contributed by atoms with van der Waals surface area (Å²) in [4.78, 5) is 23.2. The van der Waals surface area contributed by atoms with E-state index in [2.05, 4.69) is 15.8 Å². The van der Waals surface area contributed by atoms with Crippen molar-refractivity contribution in [3.05, 3.63) is 65.7 Å². The fourth-order valence-corrected chi connectivity index (χ4v) is 2.17. The average Bonchev–Trinajstić information content (AvgIpc) is 2.67. The Labute approximate surface area is 158 Å². The molecule has 0 aliphatic carbocycles. The summed E-state index contributed by atoms with van der Waals surface area (Å²) in [5, 5.41) is 15.7. The fraction of sp³-hybridized carbons (Fsp3) is 0.250. The van der Waals surface area contributed by atoms with Crippen molar-refractivity contribution < 1.29 is 19.4 Å². The van der Waals surface area contributed by atoms with E-state index in [0.717, 1.165) is 11.1 Å². The van der Waals surface area contributed by atoms with Crippen LogP contribution in [0.1, 0.15) is 31.0 Å². The van der Waals surface area contributed by atoms with Crippen LogP contribution in [0.3, 0.4) is 0 Å². The first-order chi connectivity index (χ1) is 13.0. The van der Waals surface area contributed by atoms with Crippen LogP contribution in [0, 0.1) is 0 Å². The number of carbonyl (C=O) groups excluding carboxylic acids is 2. The molecule has 2 aromatic carbocycles. The van der Waals surface area contributed by atoms with Gasteiger partial charge in [-0.05, 0) is 49.2 Å². The van der Waals surface area contributed by atoms with Crippen molar-refractivity contribution in [2.24, 2.45) is 5.10 Å². The molecule has 7 nitrogen and oxygen atoms in total. The van der Waals surface area contributed by atoms with Gasteiger partial charge in [0.05, 0.1) is 12.3 Å². The minimum atomic E-state index is -1.12. The van der Waals surface area contributed by atoms with Gasteiger partial charge in [-0.2, -0.15) is 5.10 Å². The van der Waals surface area contributed by atoms with Crippen LogP contribution in [0.5, 0.6) is 5.75 Å². The molecule has 0 saturated heterocycles. The second kappa shape index (κ2) is 10.1. The Morgan fingerprint density at radius 2 is 1.78 bits per heavy atom. The molecule has 0 spiro atoms. The normalized spacial score (nSPS) is 13.0. The van der Waals surface area contributed by atoms with Gasteiger partial charge >= 0.3 is 0 Å². The first kappa shape index (κ1) is 20.1. The summed E-state index contributed by atoms with van der Waals surface area (Å²) in [5.41, 5.74) is 3.97. The molecule has 2 rings (SSSR count). The number of hydrogen-bond donors (Lipinski definition) is 3. The van der Waals surface area contributed by atoms with E-state index in [-0.39, 0.29) is 18.6 Å². The molecule has 2 aromatic rings. The number of hydrazone groups is 1. The van der Waals surface area contributed by atoms with E-state index >= 15 is 0 Å². The Balaban J connectivity index is 1.78. The van der Waals surface area contributed by atoms with Gasteiger partial charge in [0.15, 0.2) is 6.61 Å². The maximum absolute atomic E-state index is 12.0. The molecule has 0 aliphatic rings. The van der Waals surface area contributed by atoms with Crippen molar-refractivity contribution in [1.29, 1.82) is 0 Å². The first-order valence-corrected chi connectivity index (χ1v) is 8.54. The highest BCUT2D eigenvalue weighted by molar-refractivity contribution is 5.84. The van der Waals surface area contributed by atoms with E-state index in [9.17, 15) is 9.59 Å². The molecule has 0 fully saturated rings. The molecule has 0 unspecified atom stereocenters. The number of ether oxygens (including phenoxy) is 1. The van der Waals surface area contributed by atoms with Crippen molar-refractivity contribution in [2.75, 3.05) is 6.61 Å². The number of carbonyl (C=O) groups is 2. The molecule has 0 aromatic heterocycles. The van der Waals surface area contributed by atoms with Crippen molar-refractivity contribution in [1.82, 2.24) is 10.7 Å². The third-order valence-electron chi connectivity index (χ3n) is 3.69. The molecule has 3 N–H and O–H groups in total. The molecule has 2 atom stereocenters. The summed E-state index contributed by atoms with van der Waals surface area (Å²) >= 11 is 0. The van der Waals surface area contributed by atoms with E-state index in [0.29, 0.717) is 5.75 Å². The molecular weight excluding hydrogens is 346 g/mol. The molecule has 0 saturated carbocycles. The highest BCUT2D eigenvalue weighted by atomic mass is 16.5. The minimum Gasteiger partial charge on any atom is -0.484 e. The predicted octanol–water partition coefficient (Wildman–Crippen LogP) is 1.77. The minimum absolute atomic E-state index is 0.0882. The van der Waals surface area contributed by atoms with E-state index < -0.39 is 12.0 Å². The van der Waals surface area contributed by atoms with E-state index in [1.165, 1.54) is 13.1 Å². The standard InChI is InChI=1S/C20H23N3O4/c1-14(17-6-4-3-5-7-17)22-19(25)13-27-18-10-8-16(9-11-18)12-21-23-20(26)15(2)24/h3-12,14-15,24H,13H2,1-2H3,(H,22,25)(H,23,26)/b21-12-/t14-,15-/m1/s1. The topological polar surface area (TPSA) is 100 Å². The Kier molecular flexibility index (Phi) is 7.51. The lowest BCUT2D eigenvalue weighted by Crippen LogP contribution is -2.31. The number of benzene rings is 2. The second-order valence-electron chi connectivity index (χ2n) is 5.97. The number of aliphatic hydroxyl groups excluding tert-OH is 1. The average molecular weight is 369 g/mol. The zero-order valence-corrected chi connectivity index (χ0v) is 15.3. The number of aliphatic hydroxyl groups is 1. The van der Waals surface area contributed by atoms with Gasteiger partial charge in [-0.1, -0.05) is 30.3 Å². The lowest BCUT2D eigenvalue weighted by atomic mass is 10.1. The van der Waals surface area contributed by atoms with Gasteiger partial charge in [0.25, 0.3) is 11.8 Å². The molecule has 0 bridgehead atoms. The van der Waals surface area contributed by atoms with Gasteiger partial charge < -0.3 is 15.2 Å². The van der Waals surface area contributed by atoms with E-state index in [1.54, 1.807) is 24.3 Å². The molecule has 142 valence electrons. The van der Waals surface area contributed by atoms with Gasteiger partial charge in [-0.25, -0.2) is 5.43 Å². The van der Waals surface area contributed by atoms with E-state index in [4.69, 9.17) is 9.84 Å². The Morgan fingerprint density at radius 3 is 2.41 bits per heavy atom. The summed E-state index contributed by atoms with van der Waals surface area (Å²) < 4.78 is 5.47. The van der Waals surface area contributed by atoms with Crippen LogP contribution in [-0.4, -0.2) is 35.8 Å². The second-order valence-corrected chi connectivity index (χ2v) is 5.97. The SMILES string of the molecule is C[C@@H](O)C(=O)N/N=C\c1ccc(OCC(=O)N[C@H](C)c2ccccc2)cc1. The van der Waals surface area contributed by atoms with Crippen LogP contribution in [-0.2, 0) is 9.59 Å². The number of amides is 2. The predicted molar refractivity (Wildman–Crippen MR) is 102 cm³/mol. The third-order valence-corrected chi connectivity index (χ3v) is 3.69. The molecule has 2 amide bonds. The summed E-state index contributed by atoms with van der Waals surface area (Å²) in [5.74, 6) is -0.248. The Hall–Kier alpha value is -3.19. The van der Waals surface area contributed by atoms with Gasteiger partial charge in [-0.3, -0.25) is 9.59 Å². The smallest absolute Gasteiger partial charge is 0.268 e. The van der Waals surface area contributed by atoms with Crippen LogP contribution in [0.2, 0.25) is 0 Å². The van der Waals surface area contributed by atoms with Crippen molar-refractivity contribution in [3.63, 3.8) is 0 Å². The zero-order valence-electron chi connectivity index (χ0n) is 15.3. The number of nitrogens with zero attached hydrogens (tertiary/aromatic N) is 1. The van der Waals surface area contributed by atoms with Gasteiger partial charge in [0, 0.05) is 0 Å². The van der Waals surface area contributed by atoms with Gasteiger partial charge in [0.2, 0.25) is 0 Å². The molecule has 27 heavy (non-hydrogen) atoms. The maximum Gasteiger partial charge on any atom is 0.268 e. The summed E-state index contributed by atoms with van der Waals surface area (Å²) in [7, 11) is 0. The first-order valence-electron chi connectivity index (χ1n) is 8.54. The van der Waals surface area contributed by atoms with E-state index in [1.807, 2.05) is 37.3 Å². The largest absolute Gasteiger partial charge is 0.484 e. The zero-order chi connectivity index (χ0) is 19.6. The number of rotatable bonds is 8. The molecule has 0 radical (unpaired) electrons. The van der Waals surface area contributed by atoms with Gasteiger partial charge in [0.1, 0.15) is 11.9 Å². The molecular formula is C20H23N3O4. The Morgan fingerprint density at radius 1 is 1.11 bits per heavy atom. The van der Waals surface area contributed by atoms with Crippen molar-refractivity contribution >= 4 is 18.0 Å². The van der Waals surface area contributed by atoms with Crippen LogP contribution < -0.4 is 15.5 Å². The highest BCUT2D eigenvalue weighted by Gasteiger charge is 2.09. The quantitative estimate of drug-likeness (QED) is 0.488. The van der Waals surface area contributed by atoms with Crippen molar-refractivity contribution in [3.8, 4) is 5.75 Å². The summed E-state index contributed by atoms with van der Waals surface area (Å²) in [6, 6.07) is 16.5. The summed E-state index contributed by atoms with van der Waals surface area (Å²) in [6.07, 6.45) is 0.326. The lowest BCUT2D eigenvalue weighted by molar-refractivity contribution is -0.128. The Bertz CT molecular complexity index is 774. The number of nitrogens with one attached hydrogen (secondary N) is 2. The van der Waals surface area contributed by atoms with Crippen LogP contribution in [0.25, 0.3) is 0 Å². The van der Waals surface area contributed by atoms with Crippen LogP contribution >= 0.6 is 0 Å². The monoisotopic (exact) mass is 369 g/mol.